The maximum atomic E-state index is 5.45. The Bertz CT molecular complexity index is 816. The van der Waals surface area contributed by atoms with Gasteiger partial charge in [-0.15, -0.1) is 0 Å². The molecule has 2 aliphatic carbocycles. The minimum Gasteiger partial charge on any atom is -0.497 e. The summed E-state index contributed by atoms with van der Waals surface area (Å²) < 4.78 is 21.6. The van der Waals surface area contributed by atoms with Crippen molar-refractivity contribution in [1.82, 2.24) is 0 Å². The lowest BCUT2D eigenvalue weighted by atomic mass is 10.0. The maximum Gasteiger partial charge on any atom is 0.203 e. The summed E-state index contributed by atoms with van der Waals surface area (Å²) in [5.41, 5.74) is 4.73. The average molecular weight is 338 g/mol. The van der Waals surface area contributed by atoms with E-state index in [2.05, 4.69) is 24.3 Å². The molecule has 4 nitrogen and oxygen atoms in total. The largest absolute Gasteiger partial charge is 0.497 e. The van der Waals surface area contributed by atoms with E-state index in [4.69, 9.17) is 18.9 Å². The van der Waals surface area contributed by atoms with E-state index in [1.54, 1.807) is 28.4 Å². The normalized spacial score (nSPS) is 10.6. The Morgan fingerprint density at radius 2 is 1.32 bits per heavy atom. The van der Waals surface area contributed by atoms with E-state index < -0.39 is 0 Å². The zero-order valence-electron chi connectivity index (χ0n) is 15.0. The summed E-state index contributed by atoms with van der Waals surface area (Å²) >= 11 is 0. The smallest absolute Gasteiger partial charge is 0.203 e. The number of methoxy groups -OCH3 is 4. The number of fused-ring (bicyclic) bond motifs is 1. The van der Waals surface area contributed by atoms with Gasteiger partial charge in [-0.05, 0) is 52.9 Å². The topological polar surface area (TPSA) is 36.9 Å². The van der Waals surface area contributed by atoms with Crippen molar-refractivity contribution in [2.75, 3.05) is 28.4 Å². The Hall–Kier alpha value is -2.88. The Kier molecular flexibility index (Phi) is 4.98. The second kappa shape index (κ2) is 7.34. The van der Waals surface area contributed by atoms with Gasteiger partial charge in [-0.1, -0.05) is 24.3 Å². The van der Waals surface area contributed by atoms with Crippen LogP contribution in [0.4, 0.5) is 0 Å². The average Bonchev–Trinajstić information content (AvgIpc) is 2.89. The van der Waals surface area contributed by atoms with Crippen molar-refractivity contribution in [3.63, 3.8) is 0 Å². The third kappa shape index (κ3) is 3.33. The molecule has 25 heavy (non-hydrogen) atoms. The Morgan fingerprint density at radius 1 is 0.680 bits per heavy atom. The van der Waals surface area contributed by atoms with E-state index in [1.165, 1.54) is 16.7 Å². The molecule has 0 amide bonds. The molecule has 0 aliphatic heterocycles. The second-order valence-corrected chi connectivity index (χ2v) is 5.71. The Morgan fingerprint density at radius 3 is 1.92 bits per heavy atom. The molecule has 0 fully saturated rings. The summed E-state index contributed by atoms with van der Waals surface area (Å²) in [6, 6.07) is 16.4. The molecule has 0 radical (unpaired) electrons. The van der Waals surface area contributed by atoms with Crippen LogP contribution in [0.3, 0.4) is 0 Å². The van der Waals surface area contributed by atoms with Crippen LogP contribution in [0.15, 0.2) is 48.5 Å². The molecule has 3 rings (SSSR count). The van der Waals surface area contributed by atoms with Crippen LogP contribution in [0.1, 0.15) is 11.1 Å². The summed E-state index contributed by atoms with van der Waals surface area (Å²) in [5.74, 6) is 2.78. The van der Waals surface area contributed by atoms with Crippen LogP contribution < -0.4 is 18.9 Å². The molecule has 0 N–H and O–H groups in total. The van der Waals surface area contributed by atoms with Gasteiger partial charge in [-0.2, -0.15) is 0 Å². The first-order valence-corrected chi connectivity index (χ1v) is 8.04. The number of rotatable bonds is 6. The number of ether oxygens (including phenoxy) is 4. The molecule has 1 aromatic rings. The van der Waals surface area contributed by atoms with Crippen molar-refractivity contribution in [2.45, 2.75) is 6.42 Å². The monoisotopic (exact) mass is 338 g/mol. The second-order valence-electron chi connectivity index (χ2n) is 5.71. The number of hydrogen-bond donors (Lipinski definition) is 0. The van der Waals surface area contributed by atoms with Gasteiger partial charge in [0.2, 0.25) is 5.75 Å². The fraction of sp³-hybridized carbons (Fsp3) is 0.238. The summed E-state index contributed by atoms with van der Waals surface area (Å²) in [6.07, 6.45) is 0.770. The van der Waals surface area contributed by atoms with Crippen molar-refractivity contribution in [1.29, 1.82) is 0 Å². The molecule has 0 bridgehead atoms. The van der Waals surface area contributed by atoms with Crippen molar-refractivity contribution in [2.24, 2.45) is 0 Å². The minimum absolute atomic E-state index is 0.609. The summed E-state index contributed by atoms with van der Waals surface area (Å²) in [5, 5.41) is 0. The van der Waals surface area contributed by atoms with Crippen LogP contribution >= 0.6 is 0 Å². The molecule has 0 atom stereocenters. The SMILES string of the molecule is COc1ccc2ccc(Cc3cc(OC)c(OC)c(OC)c3)c-2cc1. The molecule has 2 aliphatic rings. The summed E-state index contributed by atoms with van der Waals surface area (Å²) in [6.45, 7) is 0. The lowest BCUT2D eigenvalue weighted by Gasteiger charge is -2.14. The van der Waals surface area contributed by atoms with Crippen LogP contribution in [0.5, 0.6) is 23.0 Å². The number of hydrogen-bond acceptors (Lipinski definition) is 4. The molecule has 0 spiro atoms. The fourth-order valence-electron chi connectivity index (χ4n) is 3.04. The zero-order valence-corrected chi connectivity index (χ0v) is 15.0. The molecular weight excluding hydrogens is 316 g/mol. The van der Waals surface area contributed by atoms with Crippen molar-refractivity contribution in [3.8, 4) is 34.1 Å². The summed E-state index contributed by atoms with van der Waals surface area (Å²) in [7, 11) is 6.55. The quantitative estimate of drug-likeness (QED) is 0.667. The standard InChI is InChI=1S/C21H22O4/c1-22-17-8-7-15-5-6-16(18(15)10-9-17)11-14-12-19(23-2)21(25-4)20(13-14)24-3/h5-10,12-13H,11H2,1-4H3. The van der Waals surface area contributed by atoms with E-state index in [0.717, 1.165) is 17.7 Å². The molecule has 0 saturated heterocycles. The third-order valence-electron chi connectivity index (χ3n) is 4.32. The maximum absolute atomic E-state index is 5.45. The van der Waals surface area contributed by atoms with Gasteiger partial charge in [-0.3, -0.25) is 0 Å². The molecule has 4 heteroatoms. The van der Waals surface area contributed by atoms with Crippen molar-refractivity contribution >= 4 is 0 Å². The third-order valence-corrected chi connectivity index (χ3v) is 4.32. The highest BCUT2D eigenvalue weighted by atomic mass is 16.5. The molecule has 0 heterocycles. The molecule has 0 aromatic heterocycles. The van der Waals surface area contributed by atoms with Crippen LogP contribution in [-0.4, -0.2) is 28.4 Å². The van der Waals surface area contributed by atoms with Crippen LogP contribution in [0.2, 0.25) is 0 Å². The first kappa shape index (κ1) is 17.0. The Balaban J connectivity index is 1.99. The fourth-order valence-corrected chi connectivity index (χ4v) is 3.04. The zero-order chi connectivity index (χ0) is 17.8. The van der Waals surface area contributed by atoms with Gasteiger partial charge in [0, 0.05) is 0 Å². The van der Waals surface area contributed by atoms with Crippen molar-refractivity contribution < 1.29 is 18.9 Å². The molecular formula is C21H22O4. The van der Waals surface area contributed by atoms with Gasteiger partial charge in [0.25, 0.3) is 0 Å². The van der Waals surface area contributed by atoms with E-state index in [9.17, 15) is 0 Å². The molecule has 130 valence electrons. The van der Waals surface area contributed by atoms with E-state index in [-0.39, 0.29) is 0 Å². The van der Waals surface area contributed by atoms with Crippen LogP contribution in [0.25, 0.3) is 11.1 Å². The van der Waals surface area contributed by atoms with Gasteiger partial charge in [0.15, 0.2) is 11.5 Å². The van der Waals surface area contributed by atoms with E-state index >= 15 is 0 Å². The highest BCUT2D eigenvalue weighted by Gasteiger charge is 2.15. The van der Waals surface area contributed by atoms with Gasteiger partial charge in [-0.25, -0.2) is 0 Å². The van der Waals surface area contributed by atoms with Crippen LogP contribution in [-0.2, 0) is 6.42 Å². The highest BCUT2D eigenvalue weighted by Crippen LogP contribution is 2.39. The first-order chi connectivity index (χ1) is 12.2. The van der Waals surface area contributed by atoms with Crippen LogP contribution in [0, 0.1) is 0 Å². The lowest BCUT2D eigenvalue weighted by Crippen LogP contribution is -1.97. The predicted octanol–water partition coefficient (Wildman–Crippen LogP) is 4.42. The minimum atomic E-state index is 0.609. The van der Waals surface area contributed by atoms with E-state index in [1.807, 2.05) is 24.3 Å². The van der Waals surface area contributed by atoms with Crippen molar-refractivity contribution in [3.05, 3.63) is 59.7 Å². The number of benzene rings is 1. The Labute approximate surface area is 148 Å². The predicted molar refractivity (Wildman–Crippen MR) is 98.5 cm³/mol. The summed E-state index contributed by atoms with van der Waals surface area (Å²) in [4.78, 5) is 0. The van der Waals surface area contributed by atoms with Gasteiger partial charge >= 0.3 is 0 Å². The molecule has 0 unspecified atom stereocenters. The first-order valence-electron chi connectivity index (χ1n) is 8.04. The molecule has 1 aromatic carbocycles. The van der Waals surface area contributed by atoms with Gasteiger partial charge in [0.1, 0.15) is 5.75 Å². The van der Waals surface area contributed by atoms with Gasteiger partial charge in [0.05, 0.1) is 28.4 Å². The van der Waals surface area contributed by atoms with Gasteiger partial charge < -0.3 is 18.9 Å². The molecule has 0 saturated carbocycles. The lowest BCUT2D eigenvalue weighted by molar-refractivity contribution is 0.324. The highest BCUT2D eigenvalue weighted by molar-refractivity contribution is 5.71. The van der Waals surface area contributed by atoms with E-state index in [0.29, 0.717) is 17.2 Å².